The fourth-order valence-corrected chi connectivity index (χ4v) is 2.48. The van der Waals surface area contributed by atoms with Crippen molar-refractivity contribution in [1.82, 2.24) is 5.32 Å². The summed E-state index contributed by atoms with van der Waals surface area (Å²) in [6.45, 7) is 4.99. The van der Waals surface area contributed by atoms with Crippen LogP contribution in [0.15, 0.2) is 46.9 Å². The first-order valence-electron chi connectivity index (χ1n) is 7.63. The Morgan fingerprint density at radius 3 is 2.76 bits per heavy atom. The van der Waals surface area contributed by atoms with Crippen LogP contribution in [0.4, 0.5) is 0 Å². The summed E-state index contributed by atoms with van der Waals surface area (Å²) in [5.74, 6) is 0.907. The molecule has 0 aliphatic rings. The molecular weight excluding hydrogens is 262 g/mol. The maximum absolute atomic E-state index is 5.83. The van der Waals surface area contributed by atoms with E-state index >= 15 is 0 Å². The molecule has 0 saturated heterocycles. The van der Waals surface area contributed by atoms with E-state index in [-0.39, 0.29) is 0 Å². The van der Waals surface area contributed by atoms with Crippen molar-refractivity contribution in [2.45, 2.75) is 19.8 Å². The van der Waals surface area contributed by atoms with E-state index in [9.17, 15) is 0 Å². The fourth-order valence-electron chi connectivity index (χ4n) is 2.48. The maximum atomic E-state index is 5.83. The number of rotatable bonds is 7. The zero-order valence-corrected chi connectivity index (χ0v) is 12.4. The molecule has 0 bridgehead atoms. The molecule has 3 heteroatoms. The Hall–Kier alpha value is -2.00. The molecule has 1 heterocycles. The Kier molecular flexibility index (Phi) is 4.41. The molecule has 3 aromatic rings. The SMILES string of the molecule is CCCNCCCOc1ccc2oc3ccccc3c2c1. The summed E-state index contributed by atoms with van der Waals surface area (Å²) in [5, 5.41) is 5.64. The smallest absolute Gasteiger partial charge is 0.135 e. The highest BCUT2D eigenvalue weighted by atomic mass is 16.5. The lowest BCUT2D eigenvalue weighted by atomic mass is 10.1. The lowest BCUT2D eigenvalue weighted by Crippen LogP contribution is -2.17. The number of benzene rings is 2. The van der Waals surface area contributed by atoms with Crippen LogP contribution in [0, 0.1) is 0 Å². The molecule has 0 atom stereocenters. The topological polar surface area (TPSA) is 34.4 Å². The van der Waals surface area contributed by atoms with Gasteiger partial charge in [-0.25, -0.2) is 0 Å². The molecule has 110 valence electrons. The van der Waals surface area contributed by atoms with Crippen molar-refractivity contribution >= 4 is 21.9 Å². The summed E-state index contributed by atoms with van der Waals surface area (Å²) < 4.78 is 11.6. The molecule has 2 aromatic carbocycles. The third-order valence-electron chi connectivity index (χ3n) is 3.54. The van der Waals surface area contributed by atoms with Gasteiger partial charge >= 0.3 is 0 Å². The van der Waals surface area contributed by atoms with Gasteiger partial charge in [0.05, 0.1) is 6.61 Å². The quantitative estimate of drug-likeness (QED) is 0.654. The van der Waals surface area contributed by atoms with Crippen molar-refractivity contribution in [2.75, 3.05) is 19.7 Å². The Balaban J connectivity index is 1.68. The molecule has 0 spiro atoms. The van der Waals surface area contributed by atoms with Crippen molar-refractivity contribution in [3.63, 3.8) is 0 Å². The van der Waals surface area contributed by atoms with Gasteiger partial charge in [0, 0.05) is 10.8 Å². The Morgan fingerprint density at radius 1 is 1.00 bits per heavy atom. The first kappa shape index (κ1) is 14.0. The molecule has 0 amide bonds. The predicted octanol–water partition coefficient (Wildman–Crippen LogP) is 4.35. The monoisotopic (exact) mass is 283 g/mol. The number of hydrogen-bond donors (Lipinski definition) is 1. The molecule has 0 radical (unpaired) electrons. The van der Waals surface area contributed by atoms with E-state index in [0.717, 1.165) is 53.8 Å². The first-order valence-corrected chi connectivity index (χ1v) is 7.63. The third-order valence-corrected chi connectivity index (χ3v) is 3.54. The van der Waals surface area contributed by atoms with Crippen LogP contribution in [-0.4, -0.2) is 19.7 Å². The van der Waals surface area contributed by atoms with Crippen molar-refractivity contribution in [1.29, 1.82) is 0 Å². The molecule has 0 aliphatic carbocycles. The highest BCUT2D eigenvalue weighted by Gasteiger charge is 2.07. The van der Waals surface area contributed by atoms with E-state index in [2.05, 4.69) is 24.4 Å². The van der Waals surface area contributed by atoms with Gasteiger partial charge in [-0.15, -0.1) is 0 Å². The van der Waals surface area contributed by atoms with Gasteiger partial charge in [0.25, 0.3) is 0 Å². The van der Waals surface area contributed by atoms with E-state index in [1.807, 2.05) is 30.3 Å². The molecule has 3 nitrogen and oxygen atoms in total. The molecular formula is C18H21NO2. The van der Waals surface area contributed by atoms with E-state index in [1.54, 1.807) is 0 Å². The number of hydrogen-bond acceptors (Lipinski definition) is 3. The van der Waals surface area contributed by atoms with E-state index in [4.69, 9.17) is 9.15 Å². The molecule has 3 rings (SSSR count). The van der Waals surface area contributed by atoms with Gasteiger partial charge in [-0.05, 0) is 50.2 Å². The second-order valence-electron chi connectivity index (χ2n) is 5.21. The number of nitrogens with one attached hydrogen (secondary N) is 1. The number of fused-ring (bicyclic) bond motifs is 3. The predicted molar refractivity (Wildman–Crippen MR) is 87.0 cm³/mol. The number of para-hydroxylation sites is 1. The van der Waals surface area contributed by atoms with Crippen LogP contribution in [0.1, 0.15) is 19.8 Å². The zero-order chi connectivity index (χ0) is 14.5. The van der Waals surface area contributed by atoms with Crippen LogP contribution in [0.3, 0.4) is 0 Å². The van der Waals surface area contributed by atoms with Gasteiger partial charge in [-0.2, -0.15) is 0 Å². The summed E-state index contributed by atoms with van der Waals surface area (Å²) in [7, 11) is 0. The summed E-state index contributed by atoms with van der Waals surface area (Å²) >= 11 is 0. The first-order chi connectivity index (χ1) is 10.4. The van der Waals surface area contributed by atoms with E-state index in [1.165, 1.54) is 6.42 Å². The highest BCUT2D eigenvalue weighted by Crippen LogP contribution is 2.31. The van der Waals surface area contributed by atoms with Gasteiger partial charge in [-0.1, -0.05) is 25.1 Å². The summed E-state index contributed by atoms with van der Waals surface area (Å²) in [5.41, 5.74) is 1.83. The van der Waals surface area contributed by atoms with Crippen LogP contribution in [0.5, 0.6) is 5.75 Å². The standard InChI is InChI=1S/C18H21NO2/c1-2-10-19-11-5-12-20-14-8-9-18-16(13-14)15-6-3-4-7-17(15)21-18/h3-4,6-9,13,19H,2,5,10-12H2,1H3. The molecule has 1 N–H and O–H groups in total. The van der Waals surface area contributed by atoms with Crippen LogP contribution >= 0.6 is 0 Å². The Labute approximate surface area is 124 Å². The largest absolute Gasteiger partial charge is 0.494 e. The van der Waals surface area contributed by atoms with Crippen molar-refractivity contribution in [3.05, 3.63) is 42.5 Å². The van der Waals surface area contributed by atoms with Crippen molar-refractivity contribution < 1.29 is 9.15 Å². The van der Waals surface area contributed by atoms with Gasteiger partial charge in [0.2, 0.25) is 0 Å². The lowest BCUT2D eigenvalue weighted by Gasteiger charge is -2.06. The second-order valence-corrected chi connectivity index (χ2v) is 5.21. The second kappa shape index (κ2) is 6.64. The van der Waals surface area contributed by atoms with Crippen LogP contribution < -0.4 is 10.1 Å². The maximum Gasteiger partial charge on any atom is 0.135 e. The van der Waals surface area contributed by atoms with Gasteiger partial charge in [-0.3, -0.25) is 0 Å². The van der Waals surface area contributed by atoms with Crippen molar-refractivity contribution in [3.8, 4) is 5.75 Å². The minimum atomic E-state index is 0.734. The van der Waals surface area contributed by atoms with Crippen LogP contribution in [0.25, 0.3) is 21.9 Å². The fraction of sp³-hybridized carbons (Fsp3) is 0.333. The number of furan rings is 1. The van der Waals surface area contributed by atoms with Gasteiger partial charge in [0.15, 0.2) is 0 Å². The minimum Gasteiger partial charge on any atom is -0.494 e. The lowest BCUT2D eigenvalue weighted by molar-refractivity contribution is 0.308. The molecule has 21 heavy (non-hydrogen) atoms. The number of ether oxygens (including phenoxy) is 1. The Morgan fingerprint density at radius 2 is 1.86 bits per heavy atom. The summed E-state index contributed by atoms with van der Waals surface area (Å²) in [6.07, 6.45) is 2.19. The highest BCUT2D eigenvalue weighted by molar-refractivity contribution is 6.05. The van der Waals surface area contributed by atoms with E-state index in [0.29, 0.717) is 0 Å². The third kappa shape index (κ3) is 3.19. The van der Waals surface area contributed by atoms with E-state index < -0.39 is 0 Å². The van der Waals surface area contributed by atoms with Crippen molar-refractivity contribution in [2.24, 2.45) is 0 Å². The minimum absolute atomic E-state index is 0.734. The average Bonchev–Trinajstić information content (AvgIpc) is 2.89. The molecule has 0 fully saturated rings. The summed E-state index contributed by atoms with van der Waals surface area (Å²) in [6, 6.07) is 14.1. The molecule has 0 saturated carbocycles. The van der Waals surface area contributed by atoms with Gasteiger partial charge < -0.3 is 14.5 Å². The zero-order valence-electron chi connectivity index (χ0n) is 12.4. The average molecular weight is 283 g/mol. The molecule has 0 aliphatic heterocycles. The van der Waals surface area contributed by atoms with Crippen LogP contribution in [-0.2, 0) is 0 Å². The molecule has 0 unspecified atom stereocenters. The Bertz CT molecular complexity index is 717. The molecule has 1 aromatic heterocycles. The normalized spacial score (nSPS) is 11.3. The van der Waals surface area contributed by atoms with Gasteiger partial charge in [0.1, 0.15) is 16.9 Å². The summed E-state index contributed by atoms with van der Waals surface area (Å²) in [4.78, 5) is 0. The van der Waals surface area contributed by atoms with Crippen LogP contribution in [0.2, 0.25) is 0 Å².